The van der Waals surface area contributed by atoms with E-state index in [0.29, 0.717) is 6.07 Å². The Kier molecular flexibility index (Phi) is 4.61. The molecule has 0 saturated heterocycles. The van der Waals surface area contributed by atoms with E-state index in [-0.39, 0.29) is 24.3 Å². The molecule has 1 aromatic carbocycles. The van der Waals surface area contributed by atoms with Crippen molar-refractivity contribution >= 4 is 5.69 Å². The zero-order valence-corrected chi connectivity index (χ0v) is 11.1. The molecule has 110 valence electrons. The number of nitro benzene ring substituents is 1. The van der Waals surface area contributed by atoms with Crippen molar-refractivity contribution in [2.24, 2.45) is 0 Å². The van der Waals surface area contributed by atoms with Gasteiger partial charge in [0.1, 0.15) is 5.82 Å². The quantitative estimate of drug-likeness (QED) is 0.667. The fourth-order valence-corrected chi connectivity index (χ4v) is 2.54. The maximum atomic E-state index is 13.6. The van der Waals surface area contributed by atoms with E-state index in [9.17, 15) is 18.9 Å². The van der Waals surface area contributed by atoms with Crippen molar-refractivity contribution in [2.45, 2.75) is 38.0 Å². The second kappa shape index (κ2) is 6.23. The molecule has 0 amide bonds. The van der Waals surface area contributed by atoms with Gasteiger partial charge in [-0.3, -0.25) is 10.1 Å². The van der Waals surface area contributed by atoms with Crippen molar-refractivity contribution in [2.75, 3.05) is 7.11 Å². The van der Waals surface area contributed by atoms with E-state index in [1.807, 2.05) is 0 Å². The summed E-state index contributed by atoms with van der Waals surface area (Å²) in [6.45, 7) is 0.109. The van der Waals surface area contributed by atoms with Gasteiger partial charge in [-0.05, 0) is 19.3 Å². The van der Waals surface area contributed by atoms with Crippen molar-refractivity contribution in [1.82, 2.24) is 5.32 Å². The first kappa shape index (κ1) is 14.8. The summed E-state index contributed by atoms with van der Waals surface area (Å²) in [6.07, 6.45) is 2.92. The summed E-state index contributed by atoms with van der Waals surface area (Å²) in [4.78, 5) is 9.79. The summed E-state index contributed by atoms with van der Waals surface area (Å²) >= 11 is 0. The molecule has 2 atom stereocenters. The van der Waals surface area contributed by atoms with E-state index in [1.54, 1.807) is 7.11 Å². The molecular weight excluding hydrogens is 270 g/mol. The minimum Gasteiger partial charge on any atom is -0.380 e. The van der Waals surface area contributed by atoms with Crippen LogP contribution in [0.3, 0.4) is 0 Å². The maximum absolute atomic E-state index is 13.6. The van der Waals surface area contributed by atoms with E-state index in [1.165, 1.54) is 0 Å². The van der Waals surface area contributed by atoms with Crippen LogP contribution in [0.2, 0.25) is 0 Å². The van der Waals surface area contributed by atoms with Gasteiger partial charge >= 0.3 is 5.69 Å². The monoisotopic (exact) mass is 286 g/mol. The molecule has 0 heterocycles. The van der Waals surface area contributed by atoms with Crippen LogP contribution in [-0.2, 0) is 11.3 Å². The third-order valence-corrected chi connectivity index (χ3v) is 3.62. The standard InChI is InChI=1S/C13H16F2N2O3/c1-20-13-4-2-3-11(13)16-7-8-5-12(17(18)19)10(15)6-9(8)14/h5-6,11,13,16H,2-4,7H2,1H3. The third-order valence-electron chi connectivity index (χ3n) is 3.62. The van der Waals surface area contributed by atoms with Gasteiger partial charge in [-0.15, -0.1) is 0 Å². The van der Waals surface area contributed by atoms with Gasteiger partial charge in [-0.2, -0.15) is 4.39 Å². The zero-order chi connectivity index (χ0) is 14.7. The molecule has 1 aliphatic carbocycles. The van der Waals surface area contributed by atoms with Gasteiger partial charge < -0.3 is 10.1 Å². The van der Waals surface area contributed by atoms with Crippen molar-refractivity contribution in [3.05, 3.63) is 39.4 Å². The molecule has 20 heavy (non-hydrogen) atoms. The molecule has 0 radical (unpaired) electrons. The molecule has 5 nitrogen and oxygen atoms in total. The lowest BCUT2D eigenvalue weighted by molar-refractivity contribution is -0.387. The topological polar surface area (TPSA) is 64.4 Å². The molecule has 0 bridgehead atoms. The van der Waals surface area contributed by atoms with Gasteiger partial charge in [-0.25, -0.2) is 4.39 Å². The van der Waals surface area contributed by atoms with Crippen LogP contribution in [0.15, 0.2) is 12.1 Å². The highest BCUT2D eigenvalue weighted by molar-refractivity contribution is 5.37. The Morgan fingerprint density at radius 3 is 2.80 bits per heavy atom. The van der Waals surface area contributed by atoms with Gasteiger partial charge in [0.25, 0.3) is 0 Å². The Bertz CT molecular complexity index is 511. The van der Waals surface area contributed by atoms with E-state index in [0.717, 1.165) is 25.3 Å². The molecule has 1 saturated carbocycles. The summed E-state index contributed by atoms with van der Waals surface area (Å²) in [5.41, 5.74) is -0.627. The SMILES string of the molecule is COC1CCCC1NCc1cc([N+](=O)[O-])c(F)cc1F. The molecule has 1 fully saturated rings. The fourth-order valence-electron chi connectivity index (χ4n) is 2.54. The molecule has 0 aromatic heterocycles. The highest BCUT2D eigenvalue weighted by atomic mass is 19.1. The minimum atomic E-state index is -1.16. The van der Waals surface area contributed by atoms with Crippen molar-refractivity contribution in [3.8, 4) is 0 Å². The van der Waals surface area contributed by atoms with Crippen LogP contribution in [0, 0.1) is 21.7 Å². The first-order chi connectivity index (χ1) is 9.52. The second-order valence-corrected chi connectivity index (χ2v) is 4.84. The van der Waals surface area contributed by atoms with Gasteiger partial charge in [0.15, 0.2) is 0 Å². The Balaban J connectivity index is 2.09. The maximum Gasteiger partial charge on any atom is 0.305 e. The van der Waals surface area contributed by atoms with Crippen LogP contribution in [0.1, 0.15) is 24.8 Å². The summed E-state index contributed by atoms with van der Waals surface area (Å²) in [5, 5.41) is 13.8. The van der Waals surface area contributed by atoms with Crippen LogP contribution in [-0.4, -0.2) is 24.2 Å². The number of rotatable bonds is 5. The number of ether oxygens (including phenoxy) is 1. The van der Waals surface area contributed by atoms with Gasteiger partial charge in [0.2, 0.25) is 5.82 Å². The second-order valence-electron chi connectivity index (χ2n) is 4.84. The van der Waals surface area contributed by atoms with Gasteiger partial charge in [-0.1, -0.05) is 0 Å². The van der Waals surface area contributed by atoms with E-state index in [2.05, 4.69) is 5.32 Å². The van der Waals surface area contributed by atoms with Crippen LogP contribution < -0.4 is 5.32 Å². The number of halogens is 2. The number of nitro groups is 1. The third kappa shape index (κ3) is 3.10. The molecule has 2 rings (SSSR count). The van der Waals surface area contributed by atoms with Gasteiger partial charge in [0.05, 0.1) is 11.0 Å². The molecule has 0 aliphatic heterocycles. The average Bonchev–Trinajstić information content (AvgIpc) is 2.84. The highest BCUT2D eigenvalue weighted by Crippen LogP contribution is 2.24. The van der Waals surface area contributed by atoms with Crippen LogP contribution in [0.25, 0.3) is 0 Å². The predicted molar refractivity (Wildman–Crippen MR) is 68.3 cm³/mol. The summed E-state index contributed by atoms with van der Waals surface area (Å²) in [6, 6.07) is 1.58. The number of nitrogens with zero attached hydrogens (tertiary/aromatic N) is 1. The lowest BCUT2D eigenvalue weighted by atomic mass is 10.1. The largest absolute Gasteiger partial charge is 0.380 e. The van der Waals surface area contributed by atoms with Crippen molar-refractivity contribution in [1.29, 1.82) is 0 Å². The Hall–Kier alpha value is -1.60. The first-order valence-corrected chi connectivity index (χ1v) is 6.41. The number of hydrogen-bond acceptors (Lipinski definition) is 4. The smallest absolute Gasteiger partial charge is 0.305 e. The highest BCUT2D eigenvalue weighted by Gasteiger charge is 2.27. The molecule has 1 aliphatic rings. The number of hydrogen-bond donors (Lipinski definition) is 1. The predicted octanol–water partition coefficient (Wildman–Crippen LogP) is 2.53. The molecular formula is C13H16F2N2O3. The molecule has 1 aromatic rings. The Labute approximate surface area is 115 Å². The Morgan fingerprint density at radius 1 is 1.40 bits per heavy atom. The van der Waals surface area contributed by atoms with Crippen LogP contribution in [0.4, 0.5) is 14.5 Å². The number of benzene rings is 1. The van der Waals surface area contributed by atoms with E-state index < -0.39 is 22.2 Å². The first-order valence-electron chi connectivity index (χ1n) is 6.41. The average molecular weight is 286 g/mol. The molecule has 7 heteroatoms. The van der Waals surface area contributed by atoms with E-state index >= 15 is 0 Å². The molecule has 0 spiro atoms. The van der Waals surface area contributed by atoms with Gasteiger partial charge in [0, 0.05) is 37.4 Å². The minimum absolute atomic E-state index is 0.0634. The molecule has 2 unspecified atom stereocenters. The zero-order valence-electron chi connectivity index (χ0n) is 11.1. The summed E-state index contributed by atoms with van der Waals surface area (Å²) in [5.74, 6) is -1.94. The van der Waals surface area contributed by atoms with Crippen LogP contribution in [0.5, 0.6) is 0 Å². The fraction of sp³-hybridized carbons (Fsp3) is 0.538. The van der Waals surface area contributed by atoms with Crippen molar-refractivity contribution < 1.29 is 18.4 Å². The van der Waals surface area contributed by atoms with Crippen molar-refractivity contribution in [3.63, 3.8) is 0 Å². The lowest BCUT2D eigenvalue weighted by Gasteiger charge is -2.19. The number of methoxy groups -OCH3 is 1. The van der Waals surface area contributed by atoms with E-state index in [4.69, 9.17) is 4.74 Å². The lowest BCUT2D eigenvalue weighted by Crippen LogP contribution is -2.36. The summed E-state index contributed by atoms with van der Waals surface area (Å²) < 4.78 is 32.1. The normalized spacial score (nSPS) is 22.1. The Morgan fingerprint density at radius 2 is 2.15 bits per heavy atom. The number of nitrogens with one attached hydrogen (secondary N) is 1. The van der Waals surface area contributed by atoms with Crippen LogP contribution >= 0.6 is 0 Å². The molecule has 1 N–H and O–H groups in total. The summed E-state index contributed by atoms with van der Waals surface area (Å²) in [7, 11) is 1.62.